The van der Waals surface area contributed by atoms with Gasteiger partial charge in [0.2, 0.25) is 11.8 Å². The normalized spacial score (nSPS) is 10.8. The molecule has 1 heterocycles. The number of hydrogen-bond acceptors (Lipinski definition) is 4. The van der Waals surface area contributed by atoms with Crippen molar-refractivity contribution in [3.63, 3.8) is 0 Å². The van der Waals surface area contributed by atoms with E-state index >= 15 is 0 Å². The molecule has 1 aromatic heterocycles. The molecule has 2 amide bonds. The summed E-state index contributed by atoms with van der Waals surface area (Å²) in [6, 6.07) is 13.6. The van der Waals surface area contributed by atoms with Crippen molar-refractivity contribution in [2.24, 2.45) is 0 Å². The van der Waals surface area contributed by atoms with E-state index in [-0.39, 0.29) is 24.1 Å². The van der Waals surface area contributed by atoms with E-state index in [0.717, 1.165) is 27.8 Å². The molecule has 0 fully saturated rings. The van der Waals surface area contributed by atoms with Crippen molar-refractivity contribution in [3.05, 3.63) is 53.6 Å². The lowest BCUT2D eigenvalue weighted by atomic mass is 10.1. The lowest BCUT2D eigenvalue weighted by Crippen LogP contribution is -2.36. The number of nitrogens with zero attached hydrogens (tertiary/aromatic N) is 2. The van der Waals surface area contributed by atoms with Crippen molar-refractivity contribution in [1.82, 2.24) is 14.9 Å². The SMILES string of the molecule is Cc1ccc(C)c(NC(=O)CN(C)C(=O)CSc2nc3ccccc3[nH]2)c1. The quantitative estimate of drug-likeness (QED) is 0.641. The number of carbonyl (C=O) groups excluding carboxylic acids is 2. The van der Waals surface area contributed by atoms with Crippen LogP contribution in [0.5, 0.6) is 0 Å². The van der Waals surface area contributed by atoms with E-state index < -0.39 is 0 Å². The number of H-pyrrole nitrogens is 1. The molecule has 0 saturated heterocycles. The zero-order valence-corrected chi connectivity index (χ0v) is 16.4. The maximum atomic E-state index is 12.3. The minimum Gasteiger partial charge on any atom is -0.336 e. The van der Waals surface area contributed by atoms with Gasteiger partial charge >= 0.3 is 0 Å². The Bertz CT molecular complexity index is 950. The standard InChI is InChI=1S/C20H22N4O2S/c1-13-8-9-14(2)17(10-13)21-18(25)11-24(3)19(26)12-27-20-22-15-6-4-5-7-16(15)23-20/h4-10H,11-12H2,1-3H3,(H,21,25)(H,22,23). The van der Waals surface area contributed by atoms with Crippen LogP contribution in [0.3, 0.4) is 0 Å². The number of nitrogens with one attached hydrogen (secondary N) is 2. The summed E-state index contributed by atoms with van der Waals surface area (Å²) < 4.78 is 0. The Morgan fingerprint density at radius 3 is 2.74 bits per heavy atom. The Kier molecular flexibility index (Phi) is 5.81. The molecule has 0 radical (unpaired) electrons. The van der Waals surface area contributed by atoms with Gasteiger partial charge in [0, 0.05) is 12.7 Å². The summed E-state index contributed by atoms with van der Waals surface area (Å²) in [5, 5.41) is 3.56. The number of likely N-dealkylation sites (N-methyl/N-ethyl adjacent to an activating group) is 1. The van der Waals surface area contributed by atoms with Crippen LogP contribution in [0.4, 0.5) is 5.69 Å². The van der Waals surface area contributed by atoms with E-state index in [4.69, 9.17) is 0 Å². The van der Waals surface area contributed by atoms with Crippen LogP contribution in [-0.4, -0.2) is 46.0 Å². The molecule has 27 heavy (non-hydrogen) atoms. The summed E-state index contributed by atoms with van der Waals surface area (Å²) in [6.45, 7) is 3.92. The van der Waals surface area contributed by atoms with E-state index in [0.29, 0.717) is 5.16 Å². The minimum absolute atomic E-state index is 0.00685. The zero-order chi connectivity index (χ0) is 19.4. The second-order valence-corrected chi connectivity index (χ2v) is 7.43. The number of aromatic nitrogens is 2. The van der Waals surface area contributed by atoms with Crippen LogP contribution in [0.15, 0.2) is 47.6 Å². The largest absolute Gasteiger partial charge is 0.336 e. The van der Waals surface area contributed by atoms with Gasteiger partial charge in [0.15, 0.2) is 5.16 Å². The van der Waals surface area contributed by atoms with E-state index in [1.165, 1.54) is 16.7 Å². The summed E-state index contributed by atoms with van der Waals surface area (Å²) >= 11 is 1.33. The number of anilines is 1. The van der Waals surface area contributed by atoms with Crippen LogP contribution in [0.1, 0.15) is 11.1 Å². The molecular formula is C20H22N4O2S. The van der Waals surface area contributed by atoms with Gasteiger partial charge in [0.1, 0.15) is 0 Å². The van der Waals surface area contributed by atoms with Gasteiger partial charge in [0.05, 0.1) is 23.3 Å². The van der Waals surface area contributed by atoms with Crippen LogP contribution in [0.2, 0.25) is 0 Å². The van der Waals surface area contributed by atoms with Gasteiger partial charge in [-0.05, 0) is 43.2 Å². The van der Waals surface area contributed by atoms with Gasteiger partial charge in [-0.3, -0.25) is 9.59 Å². The first-order chi connectivity index (χ1) is 12.9. The lowest BCUT2D eigenvalue weighted by Gasteiger charge is -2.17. The predicted molar refractivity (Wildman–Crippen MR) is 109 cm³/mol. The van der Waals surface area contributed by atoms with E-state index in [1.807, 2.05) is 56.3 Å². The molecule has 2 N–H and O–H groups in total. The predicted octanol–water partition coefficient (Wildman–Crippen LogP) is 3.37. The van der Waals surface area contributed by atoms with Crippen LogP contribution in [0.25, 0.3) is 11.0 Å². The maximum absolute atomic E-state index is 12.3. The fourth-order valence-corrected chi connectivity index (χ4v) is 3.43. The highest BCUT2D eigenvalue weighted by Crippen LogP contribution is 2.19. The van der Waals surface area contributed by atoms with Gasteiger partial charge in [-0.25, -0.2) is 4.98 Å². The molecule has 0 atom stereocenters. The summed E-state index contributed by atoms with van der Waals surface area (Å²) in [6.07, 6.45) is 0. The molecule has 0 unspecified atom stereocenters. The number of thioether (sulfide) groups is 1. The van der Waals surface area contributed by atoms with E-state index in [9.17, 15) is 9.59 Å². The van der Waals surface area contributed by atoms with Gasteiger partial charge in [-0.2, -0.15) is 0 Å². The number of carbonyl (C=O) groups is 2. The number of amides is 2. The molecule has 0 aliphatic carbocycles. The molecule has 0 aliphatic rings. The highest BCUT2D eigenvalue weighted by molar-refractivity contribution is 7.99. The third-order valence-electron chi connectivity index (χ3n) is 4.17. The number of benzene rings is 2. The Morgan fingerprint density at radius 2 is 1.96 bits per heavy atom. The molecule has 0 bridgehead atoms. The van der Waals surface area contributed by atoms with Crippen LogP contribution in [0, 0.1) is 13.8 Å². The van der Waals surface area contributed by atoms with E-state index in [1.54, 1.807) is 7.05 Å². The first-order valence-corrected chi connectivity index (χ1v) is 9.59. The van der Waals surface area contributed by atoms with Gasteiger partial charge in [-0.15, -0.1) is 0 Å². The third kappa shape index (κ3) is 4.89. The Balaban J connectivity index is 1.52. The fraction of sp³-hybridized carbons (Fsp3) is 0.250. The molecule has 2 aromatic carbocycles. The number of rotatable bonds is 6. The third-order valence-corrected chi connectivity index (χ3v) is 5.03. The Hall–Kier alpha value is -2.80. The van der Waals surface area contributed by atoms with Crippen molar-refractivity contribution in [2.45, 2.75) is 19.0 Å². The molecule has 0 saturated carbocycles. The Labute approximate surface area is 162 Å². The molecular weight excluding hydrogens is 360 g/mol. The van der Waals surface area contributed by atoms with Gasteiger partial charge in [-0.1, -0.05) is 36.0 Å². The number of fused-ring (bicyclic) bond motifs is 1. The summed E-state index contributed by atoms with van der Waals surface area (Å²) in [5.41, 5.74) is 4.64. The summed E-state index contributed by atoms with van der Waals surface area (Å²) in [5.74, 6) is -0.127. The zero-order valence-electron chi connectivity index (χ0n) is 15.6. The van der Waals surface area contributed by atoms with Crippen molar-refractivity contribution in [1.29, 1.82) is 0 Å². The molecule has 3 rings (SSSR count). The smallest absolute Gasteiger partial charge is 0.243 e. The second kappa shape index (κ2) is 8.26. The molecule has 140 valence electrons. The number of para-hydroxylation sites is 2. The number of aromatic amines is 1. The van der Waals surface area contributed by atoms with Crippen molar-refractivity contribution in [3.8, 4) is 0 Å². The monoisotopic (exact) mass is 382 g/mol. The summed E-state index contributed by atoms with van der Waals surface area (Å²) in [4.78, 5) is 33.6. The average Bonchev–Trinajstić information content (AvgIpc) is 3.05. The maximum Gasteiger partial charge on any atom is 0.243 e. The molecule has 0 spiro atoms. The molecule has 0 aliphatic heterocycles. The second-order valence-electron chi connectivity index (χ2n) is 6.46. The van der Waals surface area contributed by atoms with Gasteiger partial charge in [0.25, 0.3) is 0 Å². The minimum atomic E-state index is -0.215. The van der Waals surface area contributed by atoms with Crippen molar-refractivity contribution in [2.75, 3.05) is 24.7 Å². The molecule has 6 nitrogen and oxygen atoms in total. The Morgan fingerprint density at radius 1 is 1.19 bits per heavy atom. The molecule has 3 aromatic rings. The van der Waals surface area contributed by atoms with Crippen molar-refractivity contribution < 1.29 is 9.59 Å². The lowest BCUT2D eigenvalue weighted by molar-refractivity contribution is -0.131. The number of imidazole rings is 1. The average molecular weight is 382 g/mol. The first-order valence-electron chi connectivity index (χ1n) is 8.61. The number of hydrogen-bond donors (Lipinski definition) is 2. The van der Waals surface area contributed by atoms with Crippen LogP contribution >= 0.6 is 11.8 Å². The molecule has 7 heteroatoms. The fourth-order valence-electron chi connectivity index (χ4n) is 2.60. The summed E-state index contributed by atoms with van der Waals surface area (Å²) in [7, 11) is 1.63. The first kappa shape index (κ1) is 19.0. The van der Waals surface area contributed by atoms with E-state index in [2.05, 4.69) is 15.3 Å². The van der Waals surface area contributed by atoms with Gasteiger partial charge < -0.3 is 15.2 Å². The topological polar surface area (TPSA) is 78.1 Å². The number of aryl methyl sites for hydroxylation is 2. The highest BCUT2D eigenvalue weighted by Gasteiger charge is 2.15. The highest BCUT2D eigenvalue weighted by atomic mass is 32.2. The van der Waals surface area contributed by atoms with Crippen LogP contribution in [-0.2, 0) is 9.59 Å². The van der Waals surface area contributed by atoms with Crippen LogP contribution < -0.4 is 5.32 Å². The van der Waals surface area contributed by atoms with Crippen molar-refractivity contribution >= 4 is 40.3 Å².